The van der Waals surface area contributed by atoms with Gasteiger partial charge in [-0.15, -0.1) is 0 Å². The summed E-state index contributed by atoms with van der Waals surface area (Å²) in [4.78, 5) is 0. The van der Waals surface area contributed by atoms with Crippen molar-refractivity contribution in [2.45, 2.75) is 6.04 Å². The van der Waals surface area contributed by atoms with Crippen LogP contribution in [0.15, 0.2) is 42.5 Å². The highest BCUT2D eigenvalue weighted by molar-refractivity contribution is 5.31. The number of rotatable bonds is 5. The Morgan fingerprint density at radius 2 is 1.75 bits per heavy atom. The van der Waals surface area contributed by atoms with Crippen molar-refractivity contribution in [3.05, 3.63) is 59.7 Å². The van der Waals surface area contributed by atoms with Crippen LogP contribution in [0.25, 0.3) is 0 Å². The summed E-state index contributed by atoms with van der Waals surface area (Å²) in [6, 6.07) is 10.2. The van der Waals surface area contributed by atoms with Crippen LogP contribution >= 0.6 is 0 Å². The summed E-state index contributed by atoms with van der Waals surface area (Å²) < 4.78 is 37.0. The Labute approximate surface area is 115 Å². The third kappa shape index (κ3) is 3.24. The van der Waals surface area contributed by atoms with Gasteiger partial charge in [-0.3, -0.25) is 0 Å². The maximum atomic E-state index is 13.4. The van der Waals surface area contributed by atoms with Crippen LogP contribution in [-0.2, 0) is 0 Å². The minimum atomic E-state index is -0.747. The van der Waals surface area contributed by atoms with Crippen molar-refractivity contribution in [1.82, 2.24) is 0 Å². The van der Waals surface area contributed by atoms with Gasteiger partial charge in [0.05, 0.1) is 13.2 Å². The lowest BCUT2D eigenvalue weighted by Gasteiger charge is -2.15. The van der Waals surface area contributed by atoms with Crippen molar-refractivity contribution < 1.29 is 18.3 Å². The molecule has 20 heavy (non-hydrogen) atoms. The number of nitrogens with two attached hydrogens (primary N) is 1. The molecule has 1 atom stereocenters. The third-order valence-corrected chi connectivity index (χ3v) is 2.85. The Balaban J connectivity index is 2.06. The molecule has 106 valence electrons. The fraction of sp³-hybridized carbons (Fsp3) is 0.200. The van der Waals surface area contributed by atoms with Gasteiger partial charge < -0.3 is 15.2 Å². The maximum absolute atomic E-state index is 13.4. The van der Waals surface area contributed by atoms with Gasteiger partial charge in [0.25, 0.3) is 0 Å². The molecule has 2 N–H and O–H groups in total. The number of benzene rings is 2. The highest BCUT2D eigenvalue weighted by Crippen LogP contribution is 2.23. The molecule has 0 spiro atoms. The standard InChI is InChI=1S/C15H15F2NO2/c1-19-11-5-2-4-10(8-11)14(18)9-20-15-12(16)6-3-7-13(15)17/h2-8,14H,9,18H2,1H3. The second kappa shape index (κ2) is 6.34. The predicted octanol–water partition coefficient (Wildman–Crippen LogP) is 3.05. The zero-order valence-corrected chi connectivity index (χ0v) is 11.0. The van der Waals surface area contributed by atoms with Crippen LogP contribution in [-0.4, -0.2) is 13.7 Å². The van der Waals surface area contributed by atoms with Crippen LogP contribution < -0.4 is 15.2 Å². The number of hydrogen-bond acceptors (Lipinski definition) is 3. The first-order valence-corrected chi connectivity index (χ1v) is 6.08. The molecule has 1 unspecified atom stereocenters. The second-order valence-electron chi connectivity index (χ2n) is 4.24. The van der Waals surface area contributed by atoms with Gasteiger partial charge in [0.15, 0.2) is 17.4 Å². The highest BCUT2D eigenvalue weighted by atomic mass is 19.1. The predicted molar refractivity (Wildman–Crippen MR) is 71.8 cm³/mol. The molecule has 3 nitrogen and oxygen atoms in total. The zero-order chi connectivity index (χ0) is 14.5. The minimum absolute atomic E-state index is 0.0367. The Hall–Kier alpha value is -2.14. The molecule has 0 aromatic heterocycles. The fourth-order valence-electron chi connectivity index (χ4n) is 1.76. The first-order valence-electron chi connectivity index (χ1n) is 6.08. The molecule has 2 rings (SSSR count). The molecule has 2 aromatic carbocycles. The lowest BCUT2D eigenvalue weighted by molar-refractivity contribution is 0.263. The van der Waals surface area contributed by atoms with Crippen molar-refractivity contribution in [2.24, 2.45) is 5.73 Å². The van der Waals surface area contributed by atoms with Crippen molar-refractivity contribution in [1.29, 1.82) is 0 Å². The van der Waals surface area contributed by atoms with Gasteiger partial charge in [-0.05, 0) is 29.8 Å². The summed E-state index contributed by atoms with van der Waals surface area (Å²) in [7, 11) is 1.55. The Morgan fingerprint density at radius 3 is 2.40 bits per heavy atom. The Kier molecular flexibility index (Phi) is 4.53. The summed E-state index contributed by atoms with van der Waals surface area (Å²) in [5.74, 6) is -1.24. The molecule has 0 fully saturated rings. The van der Waals surface area contributed by atoms with Crippen LogP contribution in [0.3, 0.4) is 0 Å². The second-order valence-corrected chi connectivity index (χ2v) is 4.24. The van der Waals surface area contributed by atoms with Gasteiger partial charge >= 0.3 is 0 Å². The van der Waals surface area contributed by atoms with E-state index in [1.807, 2.05) is 0 Å². The van der Waals surface area contributed by atoms with Gasteiger partial charge in [-0.2, -0.15) is 0 Å². The van der Waals surface area contributed by atoms with E-state index in [9.17, 15) is 8.78 Å². The van der Waals surface area contributed by atoms with Gasteiger partial charge in [-0.1, -0.05) is 18.2 Å². The fourth-order valence-corrected chi connectivity index (χ4v) is 1.76. The average molecular weight is 279 g/mol. The van der Waals surface area contributed by atoms with Crippen LogP contribution in [0.5, 0.6) is 11.5 Å². The summed E-state index contributed by atoms with van der Waals surface area (Å²) in [5, 5.41) is 0. The molecule has 0 aliphatic heterocycles. The van der Waals surface area contributed by atoms with Crippen LogP contribution in [0.4, 0.5) is 8.78 Å². The van der Waals surface area contributed by atoms with Gasteiger partial charge in [0.2, 0.25) is 0 Å². The smallest absolute Gasteiger partial charge is 0.190 e. The number of para-hydroxylation sites is 1. The van der Waals surface area contributed by atoms with E-state index in [4.69, 9.17) is 15.2 Å². The number of ether oxygens (including phenoxy) is 2. The average Bonchev–Trinajstić information content (AvgIpc) is 2.46. The molecular weight excluding hydrogens is 264 g/mol. The third-order valence-electron chi connectivity index (χ3n) is 2.85. The highest BCUT2D eigenvalue weighted by Gasteiger charge is 2.13. The molecular formula is C15H15F2NO2. The molecule has 0 bridgehead atoms. The summed E-state index contributed by atoms with van der Waals surface area (Å²) in [6.45, 7) is -0.0367. The molecule has 0 amide bonds. The summed E-state index contributed by atoms with van der Waals surface area (Å²) >= 11 is 0. The molecule has 0 saturated heterocycles. The van der Waals surface area contributed by atoms with E-state index in [1.165, 1.54) is 6.07 Å². The number of hydrogen-bond donors (Lipinski definition) is 1. The normalized spacial score (nSPS) is 12.0. The number of methoxy groups -OCH3 is 1. The molecule has 0 aliphatic rings. The Morgan fingerprint density at radius 1 is 1.10 bits per heavy atom. The summed E-state index contributed by atoms with van der Waals surface area (Å²) in [6.07, 6.45) is 0. The minimum Gasteiger partial charge on any atom is -0.497 e. The van der Waals surface area contributed by atoms with E-state index in [0.29, 0.717) is 5.75 Å². The van der Waals surface area contributed by atoms with Gasteiger partial charge in [0.1, 0.15) is 12.4 Å². The van der Waals surface area contributed by atoms with Crippen LogP contribution in [0.2, 0.25) is 0 Å². The largest absolute Gasteiger partial charge is 0.497 e. The van der Waals surface area contributed by atoms with Crippen molar-refractivity contribution in [3.8, 4) is 11.5 Å². The lowest BCUT2D eigenvalue weighted by Crippen LogP contribution is -2.19. The summed E-state index contributed by atoms with van der Waals surface area (Å²) in [5.41, 5.74) is 6.71. The van der Waals surface area contributed by atoms with Crippen molar-refractivity contribution in [2.75, 3.05) is 13.7 Å². The van der Waals surface area contributed by atoms with E-state index in [-0.39, 0.29) is 6.61 Å². The zero-order valence-electron chi connectivity index (χ0n) is 11.0. The molecule has 2 aromatic rings. The Bertz CT molecular complexity index is 570. The lowest BCUT2D eigenvalue weighted by atomic mass is 10.1. The molecule has 0 saturated carbocycles. The van der Waals surface area contributed by atoms with Gasteiger partial charge in [0, 0.05) is 0 Å². The van der Waals surface area contributed by atoms with Gasteiger partial charge in [-0.25, -0.2) is 8.78 Å². The molecule has 0 heterocycles. The van der Waals surface area contributed by atoms with E-state index in [1.54, 1.807) is 31.4 Å². The SMILES string of the molecule is COc1cccc(C(N)COc2c(F)cccc2F)c1. The van der Waals surface area contributed by atoms with Crippen LogP contribution in [0, 0.1) is 11.6 Å². The van der Waals surface area contributed by atoms with E-state index in [0.717, 1.165) is 17.7 Å². The molecule has 0 aliphatic carbocycles. The topological polar surface area (TPSA) is 44.5 Å². The monoisotopic (exact) mass is 279 g/mol. The van der Waals surface area contributed by atoms with Crippen molar-refractivity contribution in [3.63, 3.8) is 0 Å². The first kappa shape index (κ1) is 14.3. The van der Waals surface area contributed by atoms with E-state index >= 15 is 0 Å². The maximum Gasteiger partial charge on any atom is 0.190 e. The molecule has 5 heteroatoms. The first-order chi connectivity index (χ1) is 9.61. The van der Waals surface area contributed by atoms with E-state index < -0.39 is 23.4 Å². The quantitative estimate of drug-likeness (QED) is 0.915. The van der Waals surface area contributed by atoms with E-state index in [2.05, 4.69) is 0 Å². The van der Waals surface area contributed by atoms with Crippen molar-refractivity contribution >= 4 is 0 Å². The number of halogens is 2. The molecule has 0 radical (unpaired) electrons. The van der Waals surface area contributed by atoms with Crippen LogP contribution in [0.1, 0.15) is 11.6 Å².